The summed E-state index contributed by atoms with van der Waals surface area (Å²) in [5.41, 5.74) is 2.30. The van der Waals surface area contributed by atoms with E-state index in [-0.39, 0.29) is 5.91 Å². The maximum atomic E-state index is 12.8. The molecule has 1 N–H and O–H groups in total. The van der Waals surface area contributed by atoms with E-state index in [9.17, 15) is 4.79 Å². The van der Waals surface area contributed by atoms with Crippen LogP contribution in [0.4, 0.5) is 0 Å². The molecule has 1 saturated heterocycles. The Morgan fingerprint density at radius 1 is 1.38 bits per heavy atom. The lowest BCUT2D eigenvalue weighted by Gasteiger charge is -2.39. The van der Waals surface area contributed by atoms with Crippen molar-refractivity contribution in [2.45, 2.75) is 31.9 Å². The first-order valence-corrected chi connectivity index (χ1v) is 7.86. The van der Waals surface area contributed by atoms with Gasteiger partial charge in [-0.3, -0.25) is 4.79 Å². The number of fused-ring (bicyclic) bond motifs is 1. The normalized spacial score (nSPS) is 29.0. The number of ether oxygens (including phenoxy) is 1. The van der Waals surface area contributed by atoms with Gasteiger partial charge < -0.3 is 15.0 Å². The minimum absolute atomic E-state index is 0.128. The standard InChI is InChI=1S/C17H24N2O2/c1-12-11-19(9-7-15(12)18-2)17(20)16-14-6-4-3-5-13(14)8-10-21-16/h3-6,12,15-16,18H,7-11H2,1-2H3. The van der Waals surface area contributed by atoms with Gasteiger partial charge in [-0.15, -0.1) is 0 Å². The van der Waals surface area contributed by atoms with Crippen LogP contribution in [-0.2, 0) is 16.0 Å². The van der Waals surface area contributed by atoms with E-state index in [0.717, 1.165) is 31.5 Å². The van der Waals surface area contributed by atoms with Gasteiger partial charge >= 0.3 is 0 Å². The lowest BCUT2D eigenvalue weighted by molar-refractivity contribution is -0.147. The highest BCUT2D eigenvalue weighted by Gasteiger charge is 2.34. The number of benzene rings is 1. The lowest BCUT2D eigenvalue weighted by Crippen LogP contribution is -2.50. The largest absolute Gasteiger partial charge is 0.363 e. The molecule has 3 rings (SSSR count). The van der Waals surface area contributed by atoms with Crippen molar-refractivity contribution < 1.29 is 9.53 Å². The molecule has 1 aromatic carbocycles. The number of hydrogen-bond acceptors (Lipinski definition) is 3. The Kier molecular flexibility index (Phi) is 4.27. The zero-order valence-electron chi connectivity index (χ0n) is 12.8. The first kappa shape index (κ1) is 14.5. The second-order valence-corrected chi connectivity index (χ2v) is 6.15. The number of piperidine rings is 1. The fourth-order valence-electron chi connectivity index (χ4n) is 3.54. The average Bonchev–Trinajstić information content (AvgIpc) is 2.53. The highest BCUT2D eigenvalue weighted by Crippen LogP contribution is 2.30. The van der Waals surface area contributed by atoms with Crippen LogP contribution in [0.3, 0.4) is 0 Å². The van der Waals surface area contributed by atoms with Gasteiger partial charge in [-0.2, -0.15) is 0 Å². The van der Waals surface area contributed by atoms with Crippen LogP contribution in [-0.4, -0.2) is 43.6 Å². The topological polar surface area (TPSA) is 41.6 Å². The summed E-state index contributed by atoms with van der Waals surface area (Å²) in [5.74, 6) is 0.607. The first-order chi connectivity index (χ1) is 10.2. The monoisotopic (exact) mass is 288 g/mol. The number of carbonyl (C=O) groups excluding carboxylic acids is 1. The van der Waals surface area contributed by atoms with Crippen LogP contribution in [0.5, 0.6) is 0 Å². The van der Waals surface area contributed by atoms with E-state index in [1.165, 1.54) is 5.56 Å². The molecule has 3 atom stereocenters. The number of nitrogens with zero attached hydrogens (tertiary/aromatic N) is 1. The summed E-state index contributed by atoms with van der Waals surface area (Å²) in [6.45, 7) is 4.47. The second kappa shape index (κ2) is 6.16. The van der Waals surface area contributed by atoms with Gasteiger partial charge in [-0.25, -0.2) is 0 Å². The molecule has 2 heterocycles. The number of likely N-dealkylation sites (tertiary alicyclic amines) is 1. The molecule has 2 aliphatic rings. The third-order valence-corrected chi connectivity index (χ3v) is 4.81. The summed E-state index contributed by atoms with van der Waals surface area (Å²) >= 11 is 0. The van der Waals surface area contributed by atoms with E-state index in [1.54, 1.807) is 0 Å². The van der Waals surface area contributed by atoms with Gasteiger partial charge in [-0.1, -0.05) is 31.2 Å². The Morgan fingerprint density at radius 3 is 2.95 bits per heavy atom. The highest BCUT2D eigenvalue weighted by molar-refractivity contribution is 5.83. The van der Waals surface area contributed by atoms with Crippen molar-refractivity contribution in [2.24, 2.45) is 5.92 Å². The summed E-state index contributed by atoms with van der Waals surface area (Å²) in [6, 6.07) is 8.67. The van der Waals surface area contributed by atoms with E-state index in [1.807, 2.05) is 30.1 Å². The van der Waals surface area contributed by atoms with Gasteiger partial charge in [0.05, 0.1) is 6.61 Å². The van der Waals surface area contributed by atoms with Gasteiger partial charge in [0.2, 0.25) is 0 Å². The molecule has 1 fully saturated rings. The van der Waals surface area contributed by atoms with Crippen molar-refractivity contribution in [2.75, 3.05) is 26.7 Å². The molecular formula is C17H24N2O2. The number of rotatable bonds is 2. The quantitative estimate of drug-likeness (QED) is 0.901. The average molecular weight is 288 g/mol. The van der Waals surface area contributed by atoms with Crippen molar-refractivity contribution in [1.29, 1.82) is 0 Å². The fraction of sp³-hybridized carbons (Fsp3) is 0.588. The predicted octanol–water partition coefficient (Wildman–Crippen LogP) is 1.76. The van der Waals surface area contributed by atoms with Gasteiger partial charge in [0.25, 0.3) is 5.91 Å². The molecule has 21 heavy (non-hydrogen) atoms. The Bertz CT molecular complexity index is 517. The second-order valence-electron chi connectivity index (χ2n) is 6.15. The Labute approximate surface area is 126 Å². The molecular weight excluding hydrogens is 264 g/mol. The Morgan fingerprint density at radius 2 is 2.19 bits per heavy atom. The molecule has 4 heteroatoms. The van der Waals surface area contributed by atoms with Gasteiger partial charge in [0, 0.05) is 19.1 Å². The molecule has 4 nitrogen and oxygen atoms in total. The molecule has 2 aliphatic heterocycles. The van der Waals surface area contributed by atoms with Crippen molar-refractivity contribution >= 4 is 5.91 Å². The number of hydrogen-bond donors (Lipinski definition) is 1. The summed E-state index contributed by atoms with van der Waals surface area (Å²) in [6.07, 6.45) is 1.50. The summed E-state index contributed by atoms with van der Waals surface area (Å²) in [4.78, 5) is 14.8. The molecule has 0 radical (unpaired) electrons. The van der Waals surface area contributed by atoms with E-state index in [0.29, 0.717) is 18.6 Å². The molecule has 3 unspecified atom stereocenters. The molecule has 114 valence electrons. The summed E-state index contributed by atoms with van der Waals surface area (Å²) in [7, 11) is 2.00. The minimum atomic E-state index is -0.409. The van der Waals surface area contributed by atoms with Crippen molar-refractivity contribution in [3.8, 4) is 0 Å². The maximum absolute atomic E-state index is 12.8. The third kappa shape index (κ3) is 2.83. The van der Waals surface area contributed by atoms with E-state index in [2.05, 4.69) is 18.3 Å². The predicted molar refractivity (Wildman–Crippen MR) is 82.0 cm³/mol. The van der Waals surface area contributed by atoms with Crippen LogP contribution in [0.25, 0.3) is 0 Å². The van der Waals surface area contributed by atoms with Crippen molar-refractivity contribution in [1.82, 2.24) is 10.2 Å². The first-order valence-electron chi connectivity index (χ1n) is 7.86. The van der Waals surface area contributed by atoms with Crippen molar-refractivity contribution in [3.05, 3.63) is 35.4 Å². The third-order valence-electron chi connectivity index (χ3n) is 4.81. The molecule has 0 bridgehead atoms. The van der Waals surface area contributed by atoms with E-state index in [4.69, 9.17) is 4.74 Å². The fourth-order valence-corrected chi connectivity index (χ4v) is 3.54. The molecule has 0 aromatic heterocycles. The van der Waals surface area contributed by atoms with Crippen molar-refractivity contribution in [3.63, 3.8) is 0 Å². The molecule has 1 amide bonds. The zero-order chi connectivity index (χ0) is 14.8. The maximum Gasteiger partial charge on any atom is 0.256 e. The molecule has 0 spiro atoms. The Balaban J connectivity index is 1.75. The number of carbonyl (C=O) groups is 1. The number of nitrogens with one attached hydrogen (secondary N) is 1. The van der Waals surface area contributed by atoms with E-state index >= 15 is 0 Å². The van der Waals surface area contributed by atoms with Crippen LogP contribution in [0.2, 0.25) is 0 Å². The number of amides is 1. The van der Waals surface area contributed by atoms with Gasteiger partial charge in [-0.05, 0) is 36.9 Å². The van der Waals surface area contributed by atoms with Crippen LogP contribution in [0.15, 0.2) is 24.3 Å². The van der Waals surface area contributed by atoms with Crippen LogP contribution in [0.1, 0.15) is 30.6 Å². The van der Waals surface area contributed by atoms with Gasteiger partial charge in [0.15, 0.2) is 6.10 Å². The molecule has 1 aromatic rings. The highest BCUT2D eigenvalue weighted by atomic mass is 16.5. The minimum Gasteiger partial charge on any atom is -0.363 e. The smallest absolute Gasteiger partial charge is 0.256 e. The molecule has 0 saturated carbocycles. The SMILES string of the molecule is CNC1CCN(C(=O)C2OCCc3ccccc32)CC1C. The van der Waals surface area contributed by atoms with Crippen LogP contribution >= 0.6 is 0 Å². The molecule has 0 aliphatic carbocycles. The zero-order valence-corrected chi connectivity index (χ0v) is 12.8. The Hall–Kier alpha value is -1.39. The van der Waals surface area contributed by atoms with Gasteiger partial charge in [0.1, 0.15) is 0 Å². The summed E-state index contributed by atoms with van der Waals surface area (Å²) in [5, 5.41) is 3.34. The van der Waals surface area contributed by atoms with Crippen LogP contribution in [0, 0.1) is 5.92 Å². The van der Waals surface area contributed by atoms with Crippen LogP contribution < -0.4 is 5.32 Å². The van der Waals surface area contributed by atoms with E-state index < -0.39 is 6.10 Å². The summed E-state index contributed by atoms with van der Waals surface area (Å²) < 4.78 is 5.80. The lowest BCUT2D eigenvalue weighted by atomic mass is 9.92.